The first kappa shape index (κ1) is 13.5. The zero-order chi connectivity index (χ0) is 13.1. The Hall–Kier alpha value is -0.980. The Labute approximate surface area is 110 Å². The average Bonchev–Trinajstić information content (AvgIpc) is 2.81. The molecule has 0 spiro atoms. The molecule has 3 unspecified atom stereocenters. The van der Waals surface area contributed by atoms with E-state index in [2.05, 4.69) is 10.3 Å². The number of nitrogens with two attached hydrogens (primary N) is 1. The molecule has 1 aliphatic carbocycles. The third-order valence-corrected chi connectivity index (χ3v) is 4.24. The Bertz CT molecular complexity index is 419. The number of hydrogen-bond donors (Lipinski definition) is 3. The summed E-state index contributed by atoms with van der Waals surface area (Å²) in [4.78, 5) is 16.2. The highest BCUT2D eigenvalue weighted by Crippen LogP contribution is 2.20. The molecular formula is C12H19N3O2S. The number of nitrogens with one attached hydrogen (secondary N) is 1. The Kier molecular flexibility index (Phi) is 4.31. The number of aliphatic hydroxyl groups is 1. The molecule has 1 amide bonds. The molecular weight excluding hydrogens is 250 g/mol. The molecule has 0 radical (unpaired) electrons. The number of aromatic nitrogens is 1. The number of carbonyl (C=O) groups excluding carboxylic acids is 1. The molecule has 100 valence electrons. The van der Waals surface area contributed by atoms with Crippen molar-refractivity contribution in [3.8, 4) is 0 Å². The minimum atomic E-state index is -0.436. The second-order valence-electron chi connectivity index (χ2n) is 4.79. The van der Waals surface area contributed by atoms with Crippen LogP contribution in [0.25, 0.3) is 0 Å². The monoisotopic (exact) mass is 269 g/mol. The van der Waals surface area contributed by atoms with Crippen molar-refractivity contribution in [2.75, 3.05) is 0 Å². The fraction of sp³-hybridized carbons (Fsp3) is 0.667. The van der Waals surface area contributed by atoms with E-state index in [4.69, 9.17) is 5.73 Å². The summed E-state index contributed by atoms with van der Waals surface area (Å²) in [5.74, 6) is -0.218. The van der Waals surface area contributed by atoms with E-state index in [0.717, 1.165) is 30.7 Å². The quantitative estimate of drug-likeness (QED) is 0.769. The van der Waals surface area contributed by atoms with Gasteiger partial charge in [0.05, 0.1) is 18.2 Å². The molecule has 1 aromatic rings. The lowest BCUT2D eigenvalue weighted by Gasteiger charge is -2.27. The van der Waals surface area contributed by atoms with Gasteiger partial charge in [-0.3, -0.25) is 4.79 Å². The van der Waals surface area contributed by atoms with Crippen molar-refractivity contribution >= 4 is 17.2 Å². The van der Waals surface area contributed by atoms with E-state index in [9.17, 15) is 9.90 Å². The lowest BCUT2D eigenvalue weighted by atomic mass is 9.92. The largest absolute Gasteiger partial charge is 0.391 e. The van der Waals surface area contributed by atoms with Crippen LogP contribution in [0.1, 0.15) is 54.1 Å². The maximum absolute atomic E-state index is 12.0. The first-order chi connectivity index (χ1) is 8.58. The molecule has 1 heterocycles. The van der Waals surface area contributed by atoms with Crippen LogP contribution in [0.3, 0.4) is 0 Å². The minimum Gasteiger partial charge on any atom is -0.391 e. The first-order valence-corrected chi connectivity index (χ1v) is 7.16. The van der Waals surface area contributed by atoms with Crippen LogP contribution in [-0.4, -0.2) is 28.1 Å². The molecule has 0 aromatic carbocycles. The number of nitrogens with zero attached hydrogens (tertiary/aromatic N) is 1. The minimum absolute atomic E-state index is 0.147. The van der Waals surface area contributed by atoms with Gasteiger partial charge >= 0.3 is 0 Å². The van der Waals surface area contributed by atoms with Crippen LogP contribution in [-0.2, 0) is 0 Å². The normalized spacial score (nSPS) is 25.7. The zero-order valence-electron chi connectivity index (χ0n) is 10.4. The third-order valence-electron chi connectivity index (χ3n) is 3.19. The second-order valence-corrected chi connectivity index (χ2v) is 5.68. The van der Waals surface area contributed by atoms with Crippen molar-refractivity contribution in [2.24, 2.45) is 5.73 Å². The van der Waals surface area contributed by atoms with Crippen LogP contribution in [0.15, 0.2) is 5.38 Å². The van der Waals surface area contributed by atoms with Crippen molar-refractivity contribution < 1.29 is 9.90 Å². The van der Waals surface area contributed by atoms with Gasteiger partial charge in [-0.1, -0.05) is 12.8 Å². The van der Waals surface area contributed by atoms with Crippen LogP contribution >= 0.6 is 11.3 Å². The molecule has 0 saturated heterocycles. The van der Waals surface area contributed by atoms with E-state index in [0.29, 0.717) is 5.69 Å². The van der Waals surface area contributed by atoms with Gasteiger partial charge in [-0.15, -0.1) is 11.3 Å². The zero-order valence-corrected chi connectivity index (χ0v) is 11.2. The summed E-state index contributed by atoms with van der Waals surface area (Å²) < 4.78 is 0. The lowest BCUT2D eigenvalue weighted by molar-refractivity contribution is 0.0714. The fourth-order valence-electron chi connectivity index (χ4n) is 2.12. The third kappa shape index (κ3) is 3.07. The van der Waals surface area contributed by atoms with E-state index in [1.54, 1.807) is 5.38 Å². The number of aliphatic hydroxyl groups excluding tert-OH is 1. The maximum atomic E-state index is 12.0. The second kappa shape index (κ2) is 5.77. The summed E-state index contributed by atoms with van der Waals surface area (Å²) in [7, 11) is 0. The molecule has 4 N–H and O–H groups in total. The average molecular weight is 269 g/mol. The highest BCUT2D eigenvalue weighted by Gasteiger charge is 2.25. The van der Waals surface area contributed by atoms with Crippen LogP contribution in [0.5, 0.6) is 0 Å². The summed E-state index contributed by atoms with van der Waals surface area (Å²) in [6, 6.07) is -0.302. The van der Waals surface area contributed by atoms with Gasteiger partial charge in [0.2, 0.25) is 0 Å². The van der Waals surface area contributed by atoms with Gasteiger partial charge in [0.1, 0.15) is 10.7 Å². The van der Waals surface area contributed by atoms with E-state index in [-0.39, 0.29) is 18.0 Å². The smallest absolute Gasteiger partial charge is 0.271 e. The Balaban J connectivity index is 1.98. The molecule has 1 saturated carbocycles. The van der Waals surface area contributed by atoms with Crippen molar-refractivity contribution in [3.05, 3.63) is 16.1 Å². The summed E-state index contributed by atoms with van der Waals surface area (Å²) >= 11 is 1.39. The molecule has 0 bridgehead atoms. The molecule has 0 aliphatic heterocycles. The summed E-state index contributed by atoms with van der Waals surface area (Å²) in [6.45, 7) is 1.84. The Morgan fingerprint density at radius 3 is 2.94 bits per heavy atom. The fourth-order valence-corrected chi connectivity index (χ4v) is 2.88. The van der Waals surface area contributed by atoms with Crippen molar-refractivity contribution in [2.45, 2.75) is 50.8 Å². The number of hydrogen-bond acceptors (Lipinski definition) is 5. The molecule has 1 aliphatic rings. The summed E-state index contributed by atoms with van der Waals surface area (Å²) in [5, 5.41) is 15.1. The van der Waals surface area contributed by atoms with Crippen LogP contribution in [0.2, 0.25) is 0 Å². The molecule has 1 fully saturated rings. The number of rotatable bonds is 3. The molecule has 6 heteroatoms. The molecule has 1 aromatic heterocycles. The van der Waals surface area contributed by atoms with E-state index in [1.807, 2.05) is 6.92 Å². The van der Waals surface area contributed by atoms with Gasteiger partial charge in [-0.25, -0.2) is 4.98 Å². The van der Waals surface area contributed by atoms with E-state index < -0.39 is 6.10 Å². The summed E-state index contributed by atoms with van der Waals surface area (Å²) in [5.41, 5.74) is 6.10. The topological polar surface area (TPSA) is 88.2 Å². The van der Waals surface area contributed by atoms with Gasteiger partial charge in [-0.2, -0.15) is 0 Å². The van der Waals surface area contributed by atoms with Gasteiger partial charge < -0.3 is 16.2 Å². The standard InChI is InChI=1S/C12H19N3O2S/c1-7(13)12-15-9(6-18-12)11(17)14-8-4-2-3-5-10(8)16/h6-8,10,16H,2-5,13H2,1H3,(H,14,17). The number of carbonyl (C=O) groups is 1. The van der Waals surface area contributed by atoms with Crippen molar-refractivity contribution in [1.29, 1.82) is 0 Å². The predicted octanol–water partition coefficient (Wildman–Crippen LogP) is 1.20. The van der Waals surface area contributed by atoms with Crippen LogP contribution in [0.4, 0.5) is 0 Å². The molecule has 3 atom stereocenters. The molecule has 18 heavy (non-hydrogen) atoms. The predicted molar refractivity (Wildman–Crippen MR) is 70.4 cm³/mol. The SMILES string of the molecule is CC(N)c1nc(C(=O)NC2CCCCC2O)cs1. The highest BCUT2D eigenvalue weighted by atomic mass is 32.1. The van der Waals surface area contributed by atoms with Gasteiger partial charge in [-0.05, 0) is 19.8 Å². The Morgan fingerprint density at radius 2 is 2.33 bits per heavy atom. The maximum Gasteiger partial charge on any atom is 0.271 e. The van der Waals surface area contributed by atoms with Crippen LogP contribution < -0.4 is 11.1 Å². The first-order valence-electron chi connectivity index (χ1n) is 6.28. The van der Waals surface area contributed by atoms with Gasteiger partial charge in [0.15, 0.2) is 0 Å². The van der Waals surface area contributed by atoms with Crippen molar-refractivity contribution in [1.82, 2.24) is 10.3 Å². The number of amides is 1. The lowest BCUT2D eigenvalue weighted by Crippen LogP contribution is -2.45. The number of thiazole rings is 1. The molecule has 5 nitrogen and oxygen atoms in total. The molecule has 2 rings (SSSR count). The summed E-state index contributed by atoms with van der Waals surface area (Å²) in [6.07, 6.45) is 3.22. The van der Waals surface area contributed by atoms with E-state index >= 15 is 0 Å². The van der Waals surface area contributed by atoms with Crippen LogP contribution in [0, 0.1) is 0 Å². The van der Waals surface area contributed by atoms with Gasteiger partial charge in [0.25, 0.3) is 5.91 Å². The van der Waals surface area contributed by atoms with E-state index in [1.165, 1.54) is 11.3 Å². The Morgan fingerprint density at radius 1 is 1.61 bits per heavy atom. The van der Waals surface area contributed by atoms with Crippen molar-refractivity contribution in [3.63, 3.8) is 0 Å². The highest BCUT2D eigenvalue weighted by molar-refractivity contribution is 7.09. The van der Waals surface area contributed by atoms with Gasteiger partial charge in [0, 0.05) is 5.38 Å².